The Kier molecular flexibility index (Phi) is 4.49. The summed E-state index contributed by atoms with van der Waals surface area (Å²) < 4.78 is 0. The highest BCUT2D eigenvalue weighted by Gasteiger charge is 2.07. The molecule has 0 amide bonds. The minimum atomic E-state index is 0.0393. The highest BCUT2D eigenvalue weighted by molar-refractivity contribution is 7.99. The van der Waals surface area contributed by atoms with Gasteiger partial charge in [0, 0.05) is 16.7 Å². The number of hydrogen-bond acceptors (Lipinski definition) is 2. The van der Waals surface area contributed by atoms with E-state index in [0.717, 1.165) is 21.2 Å². The lowest BCUT2D eigenvalue weighted by Crippen LogP contribution is -2.12. The maximum absolute atomic E-state index is 6.13. The van der Waals surface area contributed by atoms with Gasteiger partial charge in [-0.25, -0.2) is 0 Å². The van der Waals surface area contributed by atoms with Crippen LogP contribution in [0.15, 0.2) is 59.5 Å². The molecule has 0 bridgehead atoms. The van der Waals surface area contributed by atoms with E-state index < -0.39 is 0 Å². The molecule has 17 heavy (non-hydrogen) atoms. The number of benzene rings is 2. The van der Waals surface area contributed by atoms with Crippen molar-refractivity contribution < 1.29 is 0 Å². The fraction of sp³-hybridized carbons (Fsp3) is 0.143. The van der Waals surface area contributed by atoms with Crippen LogP contribution in [0.4, 0.5) is 0 Å². The predicted octanol–water partition coefficient (Wildman–Crippen LogP) is 4.13. The first-order valence-corrected chi connectivity index (χ1v) is 6.81. The van der Waals surface area contributed by atoms with Gasteiger partial charge in [-0.2, -0.15) is 0 Å². The molecule has 0 aliphatic heterocycles. The zero-order valence-corrected chi connectivity index (χ0v) is 10.9. The molecule has 1 nitrogen and oxygen atoms in total. The Balaban J connectivity index is 1.97. The Bertz CT molecular complexity index is 473. The predicted molar refractivity (Wildman–Crippen MR) is 75.5 cm³/mol. The average Bonchev–Trinajstić information content (AvgIpc) is 2.38. The molecule has 1 atom stereocenters. The van der Waals surface area contributed by atoms with Crippen molar-refractivity contribution in [2.24, 2.45) is 5.73 Å². The van der Waals surface area contributed by atoms with Gasteiger partial charge in [0.25, 0.3) is 0 Å². The van der Waals surface area contributed by atoms with E-state index in [9.17, 15) is 0 Å². The van der Waals surface area contributed by atoms with Crippen LogP contribution in [0.2, 0.25) is 5.02 Å². The standard InChI is InChI=1S/C14H14ClNS/c15-12-8-4-5-9-14(12)17-10-13(16)11-6-2-1-3-7-11/h1-9,13H,10,16H2. The van der Waals surface area contributed by atoms with Crippen LogP contribution in [0.5, 0.6) is 0 Å². The molecule has 2 N–H and O–H groups in total. The number of rotatable bonds is 4. The second kappa shape index (κ2) is 6.10. The maximum atomic E-state index is 6.13. The number of nitrogens with two attached hydrogens (primary N) is 1. The molecule has 0 saturated heterocycles. The van der Waals surface area contributed by atoms with Crippen LogP contribution in [-0.4, -0.2) is 5.75 Å². The van der Waals surface area contributed by atoms with Gasteiger partial charge >= 0.3 is 0 Å². The third kappa shape index (κ3) is 3.50. The Hall–Kier alpha value is -0.960. The number of thioether (sulfide) groups is 1. The van der Waals surface area contributed by atoms with Gasteiger partial charge in [-0.05, 0) is 17.7 Å². The molecule has 1 unspecified atom stereocenters. The highest BCUT2D eigenvalue weighted by atomic mass is 35.5. The molecule has 88 valence electrons. The average molecular weight is 264 g/mol. The molecule has 0 aliphatic carbocycles. The van der Waals surface area contributed by atoms with Gasteiger partial charge in [0.2, 0.25) is 0 Å². The summed E-state index contributed by atoms with van der Waals surface area (Å²) in [7, 11) is 0. The quantitative estimate of drug-likeness (QED) is 0.840. The molecule has 0 radical (unpaired) electrons. The van der Waals surface area contributed by atoms with Crippen molar-refractivity contribution in [3.05, 3.63) is 65.2 Å². The molecule has 0 fully saturated rings. The molecule has 2 rings (SSSR count). The lowest BCUT2D eigenvalue weighted by atomic mass is 10.1. The summed E-state index contributed by atoms with van der Waals surface area (Å²) in [6, 6.07) is 18.0. The summed E-state index contributed by atoms with van der Waals surface area (Å²) in [5.41, 5.74) is 7.29. The van der Waals surface area contributed by atoms with Crippen LogP contribution in [0.25, 0.3) is 0 Å². The van der Waals surface area contributed by atoms with Crippen molar-refractivity contribution >= 4 is 23.4 Å². The third-order valence-electron chi connectivity index (χ3n) is 2.48. The zero-order chi connectivity index (χ0) is 12.1. The minimum absolute atomic E-state index is 0.0393. The van der Waals surface area contributed by atoms with Gasteiger partial charge in [0.1, 0.15) is 0 Å². The number of hydrogen-bond donors (Lipinski definition) is 1. The van der Waals surface area contributed by atoms with E-state index in [1.54, 1.807) is 11.8 Å². The first-order chi connectivity index (χ1) is 8.27. The molecule has 2 aromatic carbocycles. The monoisotopic (exact) mass is 263 g/mol. The lowest BCUT2D eigenvalue weighted by molar-refractivity contribution is 0.831. The second-order valence-corrected chi connectivity index (χ2v) is 5.23. The molecular formula is C14H14ClNS. The SMILES string of the molecule is NC(CSc1ccccc1Cl)c1ccccc1. The largest absolute Gasteiger partial charge is 0.323 e. The summed E-state index contributed by atoms with van der Waals surface area (Å²) in [4.78, 5) is 1.08. The molecule has 0 heterocycles. The molecule has 0 saturated carbocycles. The van der Waals surface area contributed by atoms with Crippen molar-refractivity contribution in [2.45, 2.75) is 10.9 Å². The highest BCUT2D eigenvalue weighted by Crippen LogP contribution is 2.29. The van der Waals surface area contributed by atoms with Crippen molar-refractivity contribution in [1.82, 2.24) is 0 Å². The van der Waals surface area contributed by atoms with Crippen LogP contribution in [0.3, 0.4) is 0 Å². The summed E-state index contributed by atoms with van der Waals surface area (Å²) >= 11 is 7.79. The van der Waals surface area contributed by atoms with E-state index in [0.29, 0.717) is 0 Å². The first-order valence-electron chi connectivity index (χ1n) is 5.45. The Morgan fingerprint density at radius 1 is 1.00 bits per heavy atom. The number of halogens is 1. The Labute approximate surface area is 111 Å². The van der Waals surface area contributed by atoms with E-state index >= 15 is 0 Å². The van der Waals surface area contributed by atoms with Gasteiger partial charge < -0.3 is 5.73 Å². The first kappa shape index (κ1) is 12.5. The Morgan fingerprint density at radius 2 is 1.65 bits per heavy atom. The fourth-order valence-electron chi connectivity index (χ4n) is 1.54. The fourth-order valence-corrected chi connectivity index (χ4v) is 2.77. The van der Waals surface area contributed by atoms with Gasteiger partial charge in [-0.3, -0.25) is 0 Å². The summed E-state index contributed by atoms with van der Waals surface area (Å²) in [5.74, 6) is 0.827. The maximum Gasteiger partial charge on any atom is 0.0541 e. The topological polar surface area (TPSA) is 26.0 Å². The molecular weight excluding hydrogens is 250 g/mol. The summed E-state index contributed by atoms with van der Waals surface area (Å²) in [6.45, 7) is 0. The van der Waals surface area contributed by atoms with E-state index in [2.05, 4.69) is 12.1 Å². The molecule has 0 aromatic heterocycles. The van der Waals surface area contributed by atoms with Crippen molar-refractivity contribution in [2.75, 3.05) is 5.75 Å². The smallest absolute Gasteiger partial charge is 0.0541 e. The normalized spacial score (nSPS) is 12.4. The third-order valence-corrected chi connectivity index (χ3v) is 4.12. The summed E-state index contributed by atoms with van der Waals surface area (Å²) in [5, 5.41) is 0.790. The van der Waals surface area contributed by atoms with Crippen molar-refractivity contribution in [1.29, 1.82) is 0 Å². The van der Waals surface area contributed by atoms with Crippen molar-refractivity contribution in [3.8, 4) is 0 Å². The summed E-state index contributed by atoms with van der Waals surface area (Å²) in [6.07, 6.45) is 0. The molecule has 0 spiro atoms. The molecule has 3 heteroatoms. The van der Waals surface area contributed by atoms with Crippen LogP contribution in [0, 0.1) is 0 Å². The van der Waals surface area contributed by atoms with Crippen LogP contribution in [0.1, 0.15) is 11.6 Å². The van der Waals surface area contributed by atoms with E-state index in [1.807, 2.05) is 42.5 Å². The van der Waals surface area contributed by atoms with E-state index in [1.165, 1.54) is 0 Å². The van der Waals surface area contributed by atoms with Gasteiger partial charge in [0.15, 0.2) is 0 Å². The van der Waals surface area contributed by atoms with Gasteiger partial charge in [0.05, 0.1) is 5.02 Å². The Morgan fingerprint density at radius 3 is 2.35 bits per heavy atom. The molecule has 0 aliphatic rings. The zero-order valence-electron chi connectivity index (χ0n) is 9.34. The van der Waals surface area contributed by atoms with Gasteiger partial charge in [-0.1, -0.05) is 54.1 Å². The molecule has 2 aromatic rings. The van der Waals surface area contributed by atoms with E-state index in [4.69, 9.17) is 17.3 Å². The van der Waals surface area contributed by atoms with E-state index in [-0.39, 0.29) is 6.04 Å². The van der Waals surface area contributed by atoms with Crippen LogP contribution >= 0.6 is 23.4 Å². The lowest BCUT2D eigenvalue weighted by Gasteiger charge is -2.12. The minimum Gasteiger partial charge on any atom is -0.323 e. The van der Waals surface area contributed by atoms with Crippen LogP contribution in [-0.2, 0) is 0 Å². The van der Waals surface area contributed by atoms with Crippen molar-refractivity contribution in [3.63, 3.8) is 0 Å². The van der Waals surface area contributed by atoms with Crippen LogP contribution < -0.4 is 5.73 Å². The van der Waals surface area contributed by atoms with Gasteiger partial charge in [-0.15, -0.1) is 11.8 Å². The second-order valence-electron chi connectivity index (χ2n) is 3.76.